The van der Waals surface area contributed by atoms with Crippen LogP contribution in [0.15, 0.2) is 42.5 Å². The number of halogens is 2. The van der Waals surface area contributed by atoms with Gasteiger partial charge in [-0.2, -0.15) is 0 Å². The van der Waals surface area contributed by atoms with Crippen molar-refractivity contribution in [3.8, 4) is 0 Å². The van der Waals surface area contributed by atoms with Crippen molar-refractivity contribution in [1.82, 2.24) is 9.88 Å². The summed E-state index contributed by atoms with van der Waals surface area (Å²) < 4.78 is 28.0. The third-order valence-electron chi connectivity index (χ3n) is 5.39. The summed E-state index contributed by atoms with van der Waals surface area (Å²) in [6, 6.07) is 10.2. The number of hydrogen-bond donors (Lipinski definition) is 2. The number of aromatic nitrogens is 1. The van der Waals surface area contributed by atoms with Crippen LogP contribution in [-0.4, -0.2) is 34.7 Å². The number of nitrogens with one attached hydrogen (secondary N) is 1. The lowest BCUT2D eigenvalue weighted by atomic mass is 10.1. The number of hydrogen-bond acceptors (Lipinski definition) is 6. The Morgan fingerprint density at radius 2 is 1.82 bits per heavy atom. The van der Waals surface area contributed by atoms with Gasteiger partial charge in [-0.3, -0.25) is 9.59 Å². The second-order valence-electron chi connectivity index (χ2n) is 8.06. The second-order valence-corrected chi connectivity index (χ2v) is 9.06. The molecule has 1 saturated carbocycles. The van der Waals surface area contributed by atoms with Crippen molar-refractivity contribution in [3.05, 3.63) is 70.1 Å². The van der Waals surface area contributed by atoms with Crippen molar-refractivity contribution in [3.63, 3.8) is 0 Å². The zero-order valence-electron chi connectivity index (χ0n) is 18.1. The Hall–Kier alpha value is -3.33. The summed E-state index contributed by atoms with van der Waals surface area (Å²) in [5.74, 6) is -2.26. The quantitative estimate of drug-likeness (QED) is 0.418. The van der Waals surface area contributed by atoms with Gasteiger partial charge in [0.2, 0.25) is 5.78 Å². The summed E-state index contributed by atoms with van der Waals surface area (Å²) in [5.41, 5.74) is 6.42. The molecule has 3 aromatic rings. The fourth-order valence-electron chi connectivity index (χ4n) is 3.54. The maximum absolute atomic E-state index is 14.0. The lowest BCUT2D eigenvalue weighted by Gasteiger charge is -2.22. The molecule has 1 heterocycles. The maximum Gasteiger partial charge on any atom is 0.253 e. The van der Waals surface area contributed by atoms with E-state index in [4.69, 9.17) is 5.73 Å². The average Bonchev–Trinajstić information content (AvgIpc) is 3.53. The highest BCUT2D eigenvalue weighted by atomic mass is 32.1. The number of amides is 1. The van der Waals surface area contributed by atoms with E-state index in [1.54, 1.807) is 24.3 Å². The average molecular weight is 471 g/mol. The SMILES string of the molecule is CCCN(CC1CC1)C(=O)c1ccc(Nc2nc(N)c(C(=O)c3c(F)cccc3F)s2)cc1. The first-order valence-corrected chi connectivity index (χ1v) is 11.6. The maximum atomic E-state index is 14.0. The Balaban J connectivity index is 1.47. The van der Waals surface area contributed by atoms with Gasteiger partial charge in [0.1, 0.15) is 22.3 Å². The first-order chi connectivity index (χ1) is 15.9. The number of nitrogens with zero attached hydrogens (tertiary/aromatic N) is 2. The zero-order valence-corrected chi connectivity index (χ0v) is 18.9. The van der Waals surface area contributed by atoms with E-state index < -0.39 is 23.0 Å². The molecule has 1 aliphatic rings. The topological polar surface area (TPSA) is 88.3 Å². The number of rotatable bonds is 9. The molecule has 0 spiro atoms. The Morgan fingerprint density at radius 1 is 1.15 bits per heavy atom. The molecule has 0 unspecified atom stereocenters. The lowest BCUT2D eigenvalue weighted by molar-refractivity contribution is 0.0747. The molecule has 2 aromatic carbocycles. The van der Waals surface area contributed by atoms with E-state index in [9.17, 15) is 18.4 Å². The number of ketones is 1. The van der Waals surface area contributed by atoms with Crippen molar-refractivity contribution >= 4 is 39.7 Å². The van der Waals surface area contributed by atoms with Gasteiger partial charge in [0.15, 0.2) is 5.13 Å². The van der Waals surface area contributed by atoms with Gasteiger partial charge in [0, 0.05) is 24.3 Å². The highest BCUT2D eigenvalue weighted by molar-refractivity contribution is 7.18. The Labute approximate surface area is 194 Å². The fourth-order valence-corrected chi connectivity index (χ4v) is 4.39. The Morgan fingerprint density at radius 3 is 2.42 bits per heavy atom. The molecule has 1 fully saturated rings. The standard InChI is InChI=1S/C24H24F2N4O2S/c1-2-12-30(13-14-6-7-14)23(32)15-8-10-16(11-9-15)28-24-29-22(27)21(33-24)20(31)19-17(25)4-3-5-18(19)26/h3-5,8-11,14H,2,6-7,12-13,27H2,1H3,(H,28,29). The van der Waals surface area contributed by atoms with Crippen LogP contribution in [-0.2, 0) is 0 Å². The molecule has 0 aliphatic heterocycles. The van der Waals surface area contributed by atoms with E-state index in [1.807, 2.05) is 4.90 Å². The molecule has 0 saturated heterocycles. The minimum atomic E-state index is -0.957. The minimum Gasteiger partial charge on any atom is -0.382 e. The van der Waals surface area contributed by atoms with Crippen LogP contribution < -0.4 is 11.1 Å². The Kier molecular flexibility index (Phi) is 6.69. The monoisotopic (exact) mass is 470 g/mol. The summed E-state index contributed by atoms with van der Waals surface area (Å²) >= 11 is 0.905. The van der Waals surface area contributed by atoms with Gasteiger partial charge in [-0.1, -0.05) is 24.3 Å². The van der Waals surface area contributed by atoms with Gasteiger partial charge in [0.25, 0.3) is 5.91 Å². The first kappa shape index (κ1) is 22.8. The molecule has 1 amide bonds. The van der Waals surface area contributed by atoms with Gasteiger partial charge in [-0.25, -0.2) is 13.8 Å². The molecular weight excluding hydrogens is 446 g/mol. The molecule has 33 heavy (non-hydrogen) atoms. The van der Waals surface area contributed by atoms with Crippen molar-refractivity contribution < 1.29 is 18.4 Å². The largest absolute Gasteiger partial charge is 0.382 e. The molecule has 0 bridgehead atoms. The summed E-state index contributed by atoms with van der Waals surface area (Å²) in [4.78, 5) is 31.5. The third kappa shape index (κ3) is 5.19. The smallest absolute Gasteiger partial charge is 0.253 e. The van der Waals surface area contributed by atoms with E-state index in [1.165, 1.54) is 18.9 Å². The zero-order chi connectivity index (χ0) is 23.5. The van der Waals surface area contributed by atoms with Crippen LogP contribution in [0.2, 0.25) is 0 Å². The van der Waals surface area contributed by atoms with Crippen molar-refractivity contribution in [1.29, 1.82) is 0 Å². The van der Waals surface area contributed by atoms with E-state index in [0.29, 0.717) is 22.3 Å². The summed E-state index contributed by atoms with van der Waals surface area (Å²) in [6.45, 7) is 3.58. The van der Waals surface area contributed by atoms with Crippen molar-refractivity contribution in [2.75, 3.05) is 24.1 Å². The van der Waals surface area contributed by atoms with Crippen LogP contribution in [0.4, 0.5) is 25.4 Å². The molecule has 6 nitrogen and oxygen atoms in total. The molecule has 0 radical (unpaired) electrons. The molecule has 1 aliphatic carbocycles. The highest BCUT2D eigenvalue weighted by Gasteiger charge is 2.27. The predicted octanol–water partition coefficient (Wildman–Crippen LogP) is 5.24. The van der Waals surface area contributed by atoms with Gasteiger partial charge < -0.3 is 16.0 Å². The number of nitrogens with two attached hydrogens (primary N) is 1. The summed E-state index contributed by atoms with van der Waals surface area (Å²) in [6.07, 6.45) is 3.27. The van der Waals surface area contributed by atoms with E-state index in [2.05, 4.69) is 17.2 Å². The van der Waals surface area contributed by atoms with Crippen LogP contribution >= 0.6 is 11.3 Å². The van der Waals surface area contributed by atoms with Crippen molar-refractivity contribution in [2.24, 2.45) is 5.92 Å². The molecule has 1 aromatic heterocycles. The van der Waals surface area contributed by atoms with Gasteiger partial charge >= 0.3 is 0 Å². The number of thiazole rings is 1. The fraction of sp³-hybridized carbons (Fsp3) is 0.292. The minimum absolute atomic E-state index is 0.00795. The van der Waals surface area contributed by atoms with Crippen LogP contribution in [0.3, 0.4) is 0 Å². The first-order valence-electron chi connectivity index (χ1n) is 10.8. The molecule has 4 rings (SSSR count). The van der Waals surface area contributed by atoms with Crippen molar-refractivity contribution in [2.45, 2.75) is 26.2 Å². The second kappa shape index (κ2) is 9.66. The van der Waals surface area contributed by atoms with Crippen LogP contribution in [0, 0.1) is 17.6 Å². The van der Waals surface area contributed by atoms with Gasteiger partial charge in [0.05, 0.1) is 5.56 Å². The van der Waals surface area contributed by atoms with E-state index in [0.717, 1.165) is 43.0 Å². The van der Waals surface area contributed by atoms with Crippen LogP contribution in [0.5, 0.6) is 0 Å². The number of anilines is 3. The van der Waals surface area contributed by atoms with Crippen LogP contribution in [0.25, 0.3) is 0 Å². The molecular formula is C24H24F2N4O2S. The number of benzene rings is 2. The third-order valence-corrected chi connectivity index (χ3v) is 6.37. The predicted molar refractivity (Wildman–Crippen MR) is 125 cm³/mol. The Bertz CT molecular complexity index is 1160. The highest BCUT2D eigenvalue weighted by Crippen LogP contribution is 2.32. The van der Waals surface area contributed by atoms with Crippen LogP contribution in [0.1, 0.15) is 51.8 Å². The number of carbonyl (C=O) groups excluding carboxylic acids is 2. The van der Waals surface area contributed by atoms with E-state index in [-0.39, 0.29) is 16.6 Å². The van der Waals surface area contributed by atoms with Gasteiger partial charge in [-0.15, -0.1) is 0 Å². The normalized spacial score (nSPS) is 13.1. The summed E-state index contributed by atoms with van der Waals surface area (Å²) in [5, 5.41) is 3.33. The number of nitrogen functional groups attached to an aromatic ring is 1. The summed E-state index contributed by atoms with van der Waals surface area (Å²) in [7, 11) is 0. The number of carbonyl (C=O) groups is 2. The molecule has 172 valence electrons. The molecule has 9 heteroatoms. The van der Waals surface area contributed by atoms with Gasteiger partial charge in [-0.05, 0) is 61.6 Å². The molecule has 3 N–H and O–H groups in total. The van der Waals surface area contributed by atoms with E-state index >= 15 is 0 Å². The lowest BCUT2D eigenvalue weighted by Crippen LogP contribution is -2.33. The molecule has 0 atom stereocenters.